The van der Waals surface area contributed by atoms with Crippen LogP contribution in [0.3, 0.4) is 0 Å². The Balaban J connectivity index is 2.02. The number of phenols is 1. The molecule has 0 bridgehead atoms. The second-order valence-corrected chi connectivity index (χ2v) is 5.29. The van der Waals surface area contributed by atoms with Crippen LogP contribution in [0.25, 0.3) is 0 Å². The van der Waals surface area contributed by atoms with Crippen LogP contribution in [-0.2, 0) is 17.8 Å². The van der Waals surface area contributed by atoms with Gasteiger partial charge < -0.3 is 15.7 Å². The van der Waals surface area contributed by atoms with Crippen LogP contribution in [0.1, 0.15) is 30.9 Å². The predicted octanol–water partition coefficient (Wildman–Crippen LogP) is 1.65. The van der Waals surface area contributed by atoms with Gasteiger partial charge in [0.05, 0.1) is 0 Å². The molecule has 1 amide bonds. The topological polar surface area (TPSA) is 66.6 Å². The summed E-state index contributed by atoms with van der Waals surface area (Å²) in [7, 11) is 0. The first-order chi connectivity index (χ1) is 9.11. The van der Waals surface area contributed by atoms with Crippen LogP contribution in [0, 0.1) is 5.92 Å². The summed E-state index contributed by atoms with van der Waals surface area (Å²) in [5, 5.41) is 9.52. The molecule has 2 rings (SSSR count). The molecule has 4 heteroatoms. The fourth-order valence-electron chi connectivity index (χ4n) is 2.59. The molecule has 1 atom stereocenters. The minimum atomic E-state index is 0.0300. The molecule has 0 saturated carbocycles. The molecule has 1 heterocycles. The van der Waals surface area contributed by atoms with Gasteiger partial charge in [-0.15, -0.1) is 0 Å². The van der Waals surface area contributed by atoms with Crippen LogP contribution < -0.4 is 5.73 Å². The molecule has 1 aliphatic rings. The number of nitrogens with two attached hydrogens (primary N) is 1. The van der Waals surface area contributed by atoms with Gasteiger partial charge in [-0.3, -0.25) is 4.79 Å². The van der Waals surface area contributed by atoms with Crippen molar-refractivity contribution in [2.45, 2.75) is 32.7 Å². The summed E-state index contributed by atoms with van der Waals surface area (Å²) in [6.45, 7) is 3.98. The molecule has 19 heavy (non-hydrogen) atoms. The number of carbonyl (C=O) groups is 1. The third kappa shape index (κ3) is 3.26. The van der Waals surface area contributed by atoms with E-state index >= 15 is 0 Å². The lowest BCUT2D eigenvalue weighted by molar-refractivity contribution is -0.136. The molecule has 104 valence electrons. The largest absolute Gasteiger partial charge is 0.508 e. The number of nitrogens with zero attached hydrogens (tertiary/aromatic N) is 1. The Labute approximate surface area is 114 Å². The van der Waals surface area contributed by atoms with E-state index in [0.717, 1.165) is 31.4 Å². The molecule has 0 saturated heterocycles. The van der Waals surface area contributed by atoms with Gasteiger partial charge in [0.2, 0.25) is 5.91 Å². The molecule has 1 aromatic carbocycles. The first-order valence-electron chi connectivity index (χ1n) is 6.91. The van der Waals surface area contributed by atoms with Crippen molar-refractivity contribution in [3.05, 3.63) is 29.3 Å². The van der Waals surface area contributed by atoms with Crippen molar-refractivity contribution in [1.82, 2.24) is 4.90 Å². The van der Waals surface area contributed by atoms with Crippen molar-refractivity contribution in [2.24, 2.45) is 11.7 Å². The molecular weight excluding hydrogens is 240 g/mol. The summed E-state index contributed by atoms with van der Waals surface area (Å²) in [6, 6.07) is 5.42. The number of aromatic hydroxyl groups is 1. The van der Waals surface area contributed by atoms with Crippen molar-refractivity contribution in [2.75, 3.05) is 13.1 Å². The van der Waals surface area contributed by atoms with Crippen LogP contribution in [0.2, 0.25) is 0 Å². The van der Waals surface area contributed by atoms with Crippen molar-refractivity contribution in [1.29, 1.82) is 0 Å². The van der Waals surface area contributed by atoms with Crippen LogP contribution in [-0.4, -0.2) is 29.0 Å². The van der Waals surface area contributed by atoms with Gasteiger partial charge in [-0.2, -0.15) is 0 Å². The van der Waals surface area contributed by atoms with E-state index in [1.54, 1.807) is 12.1 Å². The molecule has 0 radical (unpaired) electrons. The number of carbonyl (C=O) groups excluding carboxylic acids is 1. The highest BCUT2D eigenvalue weighted by molar-refractivity contribution is 5.78. The van der Waals surface area contributed by atoms with Crippen LogP contribution >= 0.6 is 0 Å². The predicted molar refractivity (Wildman–Crippen MR) is 74.7 cm³/mol. The molecule has 1 unspecified atom stereocenters. The highest BCUT2D eigenvalue weighted by atomic mass is 16.3. The van der Waals surface area contributed by atoms with Crippen molar-refractivity contribution >= 4 is 5.91 Å². The molecule has 3 N–H and O–H groups in total. The first-order valence-corrected chi connectivity index (χ1v) is 6.91. The Bertz CT molecular complexity index is 459. The van der Waals surface area contributed by atoms with Gasteiger partial charge >= 0.3 is 0 Å². The SMILES string of the molecule is CC(CCCN)C(=O)N1CCc2ccc(O)cc2C1. The summed E-state index contributed by atoms with van der Waals surface area (Å²) in [5.41, 5.74) is 7.78. The first kappa shape index (κ1) is 13.9. The summed E-state index contributed by atoms with van der Waals surface area (Å²) < 4.78 is 0. The highest BCUT2D eigenvalue weighted by Gasteiger charge is 2.24. The van der Waals surface area contributed by atoms with Gasteiger partial charge in [0.25, 0.3) is 0 Å². The Kier molecular flexibility index (Phi) is 4.43. The average molecular weight is 262 g/mol. The van der Waals surface area contributed by atoms with Gasteiger partial charge in [0.1, 0.15) is 5.75 Å². The molecule has 1 aromatic rings. The lowest BCUT2D eigenvalue weighted by Crippen LogP contribution is -2.39. The maximum absolute atomic E-state index is 12.3. The summed E-state index contributed by atoms with van der Waals surface area (Å²) in [4.78, 5) is 14.2. The maximum atomic E-state index is 12.3. The van der Waals surface area contributed by atoms with E-state index in [-0.39, 0.29) is 17.6 Å². The summed E-state index contributed by atoms with van der Waals surface area (Å²) in [6.07, 6.45) is 2.60. The van der Waals surface area contributed by atoms with E-state index in [1.165, 1.54) is 5.56 Å². The molecule has 1 aliphatic heterocycles. The van der Waals surface area contributed by atoms with Gasteiger partial charge in [-0.25, -0.2) is 0 Å². The zero-order valence-electron chi connectivity index (χ0n) is 11.4. The zero-order chi connectivity index (χ0) is 13.8. The smallest absolute Gasteiger partial charge is 0.225 e. The van der Waals surface area contributed by atoms with E-state index in [2.05, 4.69) is 0 Å². The number of phenolic OH excluding ortho intramolecular Hbond substituents is 1. The van der Waals surface area contributed by atoms with Gasteiger partial charge in [0, 0.05) is 19.0 Å². The fraction of sp³-hybridized carbons (Fsp3) is 0.533. The molecular formula is C15H22N2O2. The normalized spacial score (nSPS) is 16.0. The lowest BCUT2D eigenvalue weighted by atomic mass is 9.97. The third-order valence-corrected chi connectivity index (χ3v) is 3.78. The number of benzene rings is 1. The number of amides is 1. The van der Waals surface area contributed by atoms with Gasteiger partial charge in [-0.1, -0.05) is 13.0 Å². The number of fused-ring (bicyclic) bond motifs is 1. The third-order valence-electron chi connectivity index (χ3n) is 3.78. The monoisotopic (exact) mass is 262 g/mol. The van der Waals surface area contributed by atoms with E-state index in [9.17, 15) is 9.90 Å². The summed E-state index contributed by atoms with van der Waals surface area (Å²) >= 11 is 0. The van der Waals surface area contributed by atoms with Crippen LogP contribution in [0.5, 0.6) is 5.75 Å². The quantitative estimate of drug-likeness (QED) is 0.867. The van der Waals surface area contributed by atoms with Crippen molar-refractivity contribution in [3.8, 4) is 5.75 Å². The Morgan fingerprint density at radius 2 is 2.26 bits per heavy atom. The fourth-order valence-corrected chi connectivity index (χ4v) is 2.59. The molecule has 0 aliphatic carbocycles. The second-order valence-electron chi connectivity index (χ2n) is 5.29. The van der Waals surface area contributed by atoms with E-state index < -0.39 is 0 Å². The van der Waals surface area contributed by atoms with Crippen molar-refractivity contribution in [3.63, 3.8) is 0 Å². The van der Waals surface area contributed by atoms with Gasteiger partial charge in [-0.05, 0) is 49.1 Å². The highest BCUT2D eigenvalue weighted by Crippen LogP contribution is 2.24. The maximum Gasteiger partial charge on any atom is 0.225 e. The molecule has 0 aromatic heterocycles. The minimum Gasteiger partial charge on any atom is -0.508 e. The number of rotatable bonds is 4. The molecule has 0 spiro atoms. The standard InChI is InChI=1S/C15H22N2O2/c1-11(3-2-7-16)15(19)17-8-6-12-4-5-14(18)9-13(12)10-17/h4-5,9,11,18H,2-3,6-8,10,16H2,1H3. The van der Waals surface area contributed by atoms with Crippen LogP contribution in [0.15, 0.2) is 18.2 Å². The van der Waals surface area contributed by atoms with Gasteiger partial charge in [0.15, 0.2) is 0 Å². The molecule has 0 fully saturated rings. The van der Waals surface area contributed by atoms with E-state index in [0.29, 0.717) is 13.1 Å². The summed E-state index contributed by atoms with van der Waals surface area (Å²) in [5.74, 6) is 0.495. The molecule has 4 nitrogen and oxygen atoms in total. The Morgan fingerprint density at radius 3 is 3.00 bits per heavy atom. The second kappa shape index (κ2) is 6.06. The van der Waals surface area contributed by atoms with E-state index in [1.807, 2.05) is 17.9 Å². The zero-order valence-corrected chi connectivity index (χ0v) is 11.4. The van der Waals surface area contributed by atoms with E-state index in [4.69, 9.17) is 5.73 Å². The number of hydrogen-bond donors (Lipinski definition) is 2. The van der Waals surface area contributed by atoms with Crippen LogP contribution in [0.4, 0.5) is 0 Å². The number of hydrogen-bond acceptors (Lipinski definition) is 3. The Hall–Kier alpha value is -1.55. The lowest BCUT2D eigenvalue weighted by Gasteiger charge is -2.31. The minimum absolute atomic E-state index is 0.0300. The average Bonchev–Trinajstić information content (AvgIpc) is 2.43. The van der Waals surface area contributed by atoms with Crippen molar-refractivity contribution < 1.29 is 9.90 Å². The Morgan fingerprint density at radius 1 is 1.47 bits per heavy atom.